The topological polar surface area (TPSA) is 88.2 Å². The van der Waals surface area contributed by atoms with E-state index >= 15 is 0 Å². The Hall–Kier alpha value is -2.37. The first-order valence-electron chi connectivity index (χ1n) is 4.63. The van der Waals surface area contributed by atoms with Crippen molar-refractivity contribution in [2.45, 2.75) is 0 Å². The van der Waals surface area contributed by atoms with E-state index in [1.807, 2.05) is 12.1 Å². The molecule has 2 rings (SSSR count). The molecule has 0 fully saturated rings. The van der Waals surface area contributed by atoms with E-state index in [1.165, 1.54) is 6.20 Å². The maximum absolute atomic E-state index is 9.38. The first-order chi connectivity index (χ1) is 7.68. The number of nitrogen functional groups attached to an aromatic ring is 1. The van der Waals surface area contributed by atoms with Gasteiger partial charge >= 0.3 is 0 Å². The van der Waals surface area contributed by atoms with Crippen LogP contribution in [-0.2, 0) is 0 Å². The van der Waals surface area contributed by atoms with Crippen molar-refractivity contribution in [3.63, 3.8) is 0 Å². The second-order valence-electron chi connectivity index (χ2n) is 3.22. The highest BCUT2D eigenvalue weighted by molar-refractivity contribution is 5.57. The Morgan fingerprint density at radius 2 is 2.19 bits per heavy atom. The number of hydrogen-bond acceptors (Lipinski definition) is 6. The van der Waals surface area contributed by atoms with E-state index in [1.54, 1.807) is 24.3 Å². The summed E-state index contributed by atoms with van der Waals surface area (Å²) in [6.07, 6.45) is 4.72. The molecule has 0 unspecified atom stereocenters. The van der Waals surface area contributed by atoms with Crippen LogP contribution in [0.15, 0.2) is 30.7 Å². The second kappa shape index (κ2) is 4.01. The van der Waals surface area contributed by atoms with Crippen molar-refractivity contribution < 1.29 is 5.11 Å². The fourth-order valence-electron chi connectivity index (χ4n) is 1.20. The Labute approximate surface area is 92.4 Å². The van der Waals surface area contributed by atoms with Gasteiger partial charge < -0.3 is 15.7 Å². The van der Waals surface area contributed by atoms with Gasteiger partial charge in [0.25, 0.3) is 0 Å². The van der Waals surface area contributed by atoms with Crippen LogP contribution < -0.4 is 10.6 Å². The third-order valence-electron chi connectivity index (χ3n) is 2.12. The standard InChI is InChI=1S/C10H11N5O/c1-15(7-3-2-4-12-5-7)10-13-6-8(11)9(16)14-10/h2-6H,11H2,1H3,(H,13,14,16). The number of pyridine rings is 1. The van der Waals surface area contributed by atoms with Crippen LogP contribution in [0.1, 0.15) is 0 Å². The minimum absolute atomic E-state index is 0.156. The maximum atomic E-state index is 9.38. The highest BCUT2D eigenvalue weighted by atomic mass is 16.3. The molecule has 0 aliphatic carbocycles. The molecule has 2 heterocycles. The van der Waals surface area contributed by atoms with E-state index in [0.717, 1.165) is 5.69 Å². The third-order valence-corrected chi connectivity index (χ3v) is 2.12. The lowest BCUT2D eigenvalue weighted by atomic mass is 10.4. The number of anilines is 3. The summed E-state index contributed by atoms with van der Waals surface area (Å²) in [6, 6.07) is 3.67. The molecular weight excluding hydrogens is 206 g/mol. The van der Waals surface area contributed by atoms with Crippen molar-refractivity contribution in [2.75, 3.05) is 17.7 Å². The molecule has 0 saturated carbocycles. The third kappa shape index (κ3) is 1.85. The van der Waals surface area contributed by atoms with Gasteiger partial charge in [-0.15, -0.1) is 0 Å². The minimum atomic E-state index is -0.222. The fourth-order valence-corrected chi connectivity index (χ4v) is 1.20. The van der Waals surface area contributed by atoms with Crippen LogP contribution in [0.4, 0.5) is 17.3 Å². The van der Waals surface area contributed by atoms with E-state index in [9.17, 15) is 5.11 Å². The van der Waals surface area contributed by atoms with Gasteiger partial charge in [-0.25, -0.2) is 4.98 Å². The molecule has 0 bridgehead atoms. The molecule has 82 valence electrons. The summed E-state index contributed by atoms with van der Waals surface area (Å²) >= 11 is 0. The Bertz CT molecular complexity index is 488. The Morgan fingerprint density at radius 3 is 2.81 bits per heavy atom. The number of rotatable bonds is 2. The first kappa shape index (κ1) is 10.2. The lowest BCUT2D eigenvalue weighted by Gasteiger charge is -2.16. The molecule has 0 aliphatic heterocycles. The summed E-state index contributed by atoms with van der Waals surface area (Å²) < 4.78 is 0. The largest absolute Gasteiger partial charge is 0.492 e. The molecular formula is C10H11N5O. The first-order valence-corrected chi connectivity index (χ1v) is 4.63. The predicted octanol–water partition coefficient (Wildman–Crippen LogP) is 0.927. The lowest BCUT2D eigenvalue weighted by molar-refractivity contribution is 0.455. The zero-order chi connectivity index (χ0) is 11.5. The lowest BCUT2D eigenvalue weighted by Crippen LogP contribution is -2.13. The zero-order valence-electron chi connectivity index (χ0n) is 8.70. The number of hydrogen-bond donors (Lipinski definition) is 2. The van der Waals surface area contributed by atoms with Crippen molar-refractivity contribution in [2.24, 2.45) is 0 Å². The van der Waals surface area contributed by atoms with Crippen LogP contribution in [0, 0.1) is 0 Å². The normalized spacial score (nSPS) is 10.1. The van der Waals surface area contributed by atoms with Gasteiger partial charge in [0.2, 0.25) is 11.8 Å². The van der Waals surface area contributed by atoms with Crippen LogP contribution in [0.25, 0.3) is 0 Å². The smallest absolute Gasteiger partial charge is 0.239 e. The number of aromatic hydroxyl groups is 1. The van der Waals surface area contributed by atoms with Crippen LogP contribution in [0.5, 0.6) is 5.88 Å². The SMILES string of the molecule is CN(c1cccnc1)c1ncc(N)c(O)n1. The van der Waals surface area contributed by atoms with Crippen molar-refractivity contribution in [3.8, 4) is 5.88 Å². The van der Waals surface area contributed by atoms with E-state index in [0.29, 0.717) is 5.95 Å². The minimum Gasteiger partial charge on any atom is -0.492 e. The van der Waals surface area contributed by atoms with Crippen molar-refractivity contribution >= 4 is 17.3 Å². The average Bonchev–Trinajstić information content (AvgIpc) is 2.33. The molecule has 2 aromatic heterocycles. The number of nitrogens with two attached hydrogens (primary N) is 1. The van der Waals surface area contributed by atoms with Gasteiger partial charge in [0.05, 0.1) is 18.1 Å². The summed E-state index contributed by atoms with van der Waals surface area (Å²) in [5.74, 6) is 0.139. The van der Waals surface area contributed by atoms with E-state index in [-0.39, 0.29) is 11.6 Å². The summed E-state index contributed by atoms with van der Waals surface area (Å²) in [4.78, 5) is 13.6. The molecule has 0 spiro atoms. The quantitative estimate of drug-likeness (QED) is 0.777. The second-order valence-corrected chi connectivity index (χ2v) is 3.22. The van der Waals surface area contributed by atoms with Gasteiger partial charge in [-0.05, 0) is 12.1 Å². The summed E-state index contributed by atoms with van der Waals surface area (Å²) in [5, 5.41) is 9.38. The molecule has 6 heteroatoms. The van der Waals surface area contributed by atoms with Crippen molar-refractivity contribution in [1.82, 2.24) is 15.0 Å². The molecule has 3 N–H and O–H groups in total. The van der Waals surface area contributed by atoms with Gasteiger partial charge in [-0.1, -0.05) is 0 Å². The van der Waals surface area contributed by atoms with E-state index < -0.39 is 0 Å². The predicted molar refractivity (Wildman–Crippen MR) is 60.4 cm³/mol. The molecule has 0 saturated heterocycles. The maximum Gasteiger partial charge on any atom is 0.239 e. The fraction of sp³-hybridized carbons (Fsp3) is 0.100. The summed E-state index contributed by atoms with van der Waals surface area (Å²) in [7, 11) is 1.78. The number of aromatic nitrogens is 3. The molecule has 0 aliphatic rings. The molecule has 0 aromatic carbocycles. The highest BCUT2D eigenvalue weighted by Crippen LogP contribution is 2.22. The Kier molecular flexibility index (Phi) is 2.55. The van der Waals surface area contributed by atoms with Gasteiger partial charge in [0.1, 0.15) is 5.69 Å². The van der Waals surface area contributed by atoms with E-state index in [4.69, 9.17) is 5.73 Å². The molecule has 2 aromatic rings. The van der Waals surface area contributed by atoms with Gasteiger partial charge in [-0.3, -0.25) is 4.98 Å². The highest BCUT2D eigenvalue weighted by Gasteiger charge is 2.09. The molecule has 6 nitrogen and oxygen atoms in total. The van der Waals surface area contributed by atoms with Crippen LogP contribution >= 0.6 is 0 Å². The van der Waals surface area contributed by atoms with E-state index in [2.05, 4.69) is 15.0 Å². The van der Waals surface area contributed by atoms with Crippen LogP contribution in [-0.4, -0.2) is 27.1 Å². The van der Waals surface area contributed by atoms with Crippen molar-refractivity contribution in [3.05, 3.63) is 30.7 Å². The molecule has 16 heavy (non-hydrogen) atoms. The van der Waals surface area contributed by atoms with Crippen LogP contribution in [0.3, 0.4) is 0 Å². The van der Waals surface area contributed by atoms with Gasteiger partial charge in [0.15, 0.2) is 0 Å². The Morgan fingerprint density at radius 1 is 1.38 bits per heavy atom. The average molecular weight is 217 g/mol. The number of nitrogens with zero attached hydrogens (tertiary/aromatic N) is 4. The van der Waals surface area contributed by atoms with Gasteiger partial charge in [0, 0.05) is 13.2 Å². The molecule has 0 amide bonds. The summed E-state index contributed by atoms with van der Waals surface area (Å²) in [5.41, 5.74) is 6.40. The monoisotopic (exact) mass is 217 g/mol. The molecule has 0 radical (unpaired) electrons. The van der Waals surface area contributed by atoms with Crippen LogP contribution in [0.2, 0.25) is 0 Å². The Balaban J connectivity index is 2.34. The molecule has 0 atom stereocenters. The summed E-state index contributed by atoms with van der Waals surface area (Å²) in [6.45, 7) is 0. The van der Waals surface area contributed by atoms with Crippen molar-refractivity contribution in [1.29, 1.82) is 0 Å². The zero-order valence-corrected chi connectivity index (χ0v) is 8.70. The van der Waals surface area contributed by atoms with Gasteiger partial charge in [-0.2, -0.15) is 4.98 Å².